The highest BCUT2D eigenvalue weighted by Crippen LogP contribution is 2.33. The zero-order valence-electron chi connectivity index (χ0n) is 11.0. The molecule has 2 rings (SSSR count). The fourth-order valence-electron chi connectivity index (χ4n) is 2.92. The van der Waals surface area contributed by atoms with Crippen LogP contribution in [0.4, 0.5) is 0 Å². The van der Waals surface area contributed by atoms with Crippen LogP contribution in [0.3, 0.4) is 0 Å². The Bertz CT molecular complexity index is 397. The summed E-state index contributed by atoms with van der Waals surface area (Å²) in [6, 6.07) is 5.86. The zero-order chi connectivity index (χ0) is 13.1. The quantitative estimate of drug-likeness (QED) is 0.670. The van der Waals surface area contributed by atoms with Crippen molar-refractivity contribution in [2.75, 3.05) is 0 Å². The van der Waals surface area contributed by atoms with Gasteiger partial charge in [0.2, 0.25) is 0 Å². The van der Waals surface area contributed by atoms with Crippen molar-refractivity contribution in [3.05, 3.63) is 28.8 Å². The van der Waals surface area contributed by atoms with Crippen LogP contribution in [0, 0.1) is 11.8 Å². The summed E-state index contributed by atoms with van der Waals surface area (Å²) in [5.74, 6) is 2.50. The van der Waals surface area contributed by atoms with Crippen LogP contribution in [0.25, 0.3) is 0 Å². The third-order valence-electron chi connectivity index (χ3n) is 3.60. The highest BCUT2D eigenvalue weighted by Gasteiger charge is 2.25. The zero-order valence-corrected chi connectivity index (χ0v) is 13.3. The van der Waals surface area contributed by atoms with E-state index in [-0.39, 0.29) is 0 Å². The highest BCUT2D eigenvalue weighted by molar-refractivity contribution is 9.08. The van der Waals surface area contributed by atoms with Gasteiger partial charge in [-0.2, -0.15) is 0 Å². The van der Waals surface area contributed by atoms with Crippen molar-refractivity contribution in [3.63, 3.8) is 0 Å². The lowest BCUT2D eigenvalue weighted by molar-refractivity contribution is 0.100. The molecule has 100 valence electrons. The van der Waals surface area contributed by atoms with Gasteiger partial charge in [-0.25, -0.2) is 0 Å². The molecule has 0 amide bonds. The van der Waals surface area contributed by atoms with Crippen LogP contribution in [-0.4, -0.2) is 6.10 Å². The first-order valence-corrected chi connectivity index (χ1v) is 8.09. The molecule has 18 heavy (non-hydrogen) atoms. The standard InChI is InChI=1S/C15H20BrClO/c1-10-5-11(2)7-14(6-10)18-15-4-3-13(17)8-12(15)9-16/h3-4,8,10-11,14H,5-7,9H2,1-2H3. The van der Waals surface area contributed by atoms with E-state index >= 15 is 0 Å². The maximum atomic E-state index is 6.18. The van der Waals surface area contributed by atoms with Crippen molar-refractivity contribution in [2.24, 2.45) is 11.8 Å². The van der Waals surface area contributed by atoms with Gasteiger partial charge in [-0.3, -0.25) is 0 Å². The minimum absolute atomic E-state index is 0.350. The van der Waals surface area contributed by atoms with Crippen LogP contribution < -0.4 is 4.74 Å². The Hall–Kier alpha value is -0.210. The van der Waals surface area contributed by atoms with E-state index < -0.39 is 0 Å². The van der Waals surface area contributed by atoms with Gasteiger partial charge in [-0.05, 0) is 49.3 Å². The normalized spacial score (nSPS) is 28.1. The van der Waals surface area contributed by atoms with Crippen LogP contribution in [0.2, 0.25) is 5.02 Å². The van der Waals surface area contributed by atoms with Gasteiger partial charge < -0.3 is 4.74 Å². The van der Waals surface area contributed by atoms with Crippen molar-refractivity contribution in [3.8, 4) is 5.75 Å². The average molecular weight is 332 g/mol. The number of alkyl halides is 1. The van der Waals surface area contributed by atoms with Crippen molar-refractivity contribution >= 4 is 27.5 Å². The van der Waals surface area contributed by atoms with Gasteiger partial charge in [0.15, 0.2) is 0 Å². The van der Waals surface area contributed by atoms with Gasteiger partial charge >= 0.3 is 0 Å². The summed E-state index contributed by atoms with van der Waals surface area (Å²) in [4.78, 5) is 0. The lowest BCUT2D eigenvalue weighted by Gasteiger charge is -2.32. The SMILES string of the molecule is CC1CC(C)CC(Oc2ccc(Cl)cc2CBr)C1. The lowest BCUT2D eigenvalue weighted by atomic mass is 9.82. The molecular formula is C15H20BrClO. The molecule has 0 aliphatic heterocycles. The first-order valence-electron chi connectivity index (χ1n) is 6.59. The Morgan fingerprint density at radius 3 is 2.50 bits per heavy atom. The number of benzene rings is 1. The van der Waals surface area contributed by atoms with E-state index in [4.69, 9.17) is 16.3 Å². The third kappa shape index (κ3) is 3.64. The molecule has 2 atom stereocenters. The third-order valence-corrected chi connectivity index (χ3v) is 4.43. The first-order chi connectivity index (χ1) is 8.58. The van der Waals surface area contributed by atoms with Crippen LogP contribution >= 0.6 is 27.5 Å². The van der Waals surface area contributed by atoms with Gasteiger partial charge in [-0.1, -0.05) is 41.4 Å². The molecule has 0 spiro atoms. The van der Waals surface area contributed by atoms with Crippen molar-refractivity contribution in [1.29, 1.82) is 0 Å². The molecule has 2 unspecified atom stereocenters. The molecule has 1 nitrogen and oxygen atoms in total. The molecule has 1 fully saturated rings. The van der Waals surface area contributed by atoms with Crippen molar-refractivity contribution < 1.29 is 4.74 Å². The monoisotopic (exact) mass is 330 g/mol. The summed E-state index contributed by atoms with van der Waals surface area (Å²) in [6.45, 7) is 4.64. The number of rotatable bonds is 3. The van der Waals surface area contributed by atoms with Gasteiger partial charge in [0.1, 0.15) is 5.75 Å². The van der Waals surface area contributed by atoms with Crippen molar-refractivity contribution in [1.82, 2.24) is 0 Å². The minimum atomic E-state index is 0.350. The molecule has 1 aliphatic carbocycles. The minimum Gasteiger partial charge on any atom is -0.490 e. The average Bonchev–Trinajstić information content (AvgIpc) is 2.30. The fourth-order valence-corrected chi connectivity index (χ4v) is 3.55. The van der Waals surface area contributed by atoms with Crippen LogP contribution in [-0.2, 0) is 5.33 Å². The summed E-state index contributed by atoms with van der Waals surface area (Å²) < 4.78 is 6.18. The van der Waals surface area contributed by atoms with E-state index in [0.29, 0.717) is 6.10 Å². The molecule has 0 saturated heterocycles. The van der Waals surface area contributed by atoms with E-state index in [9.17, 15) is 0 Å². The fraction of sp³-hybridized carbons (Fsp3) is 0.600. The summed E-state index contributed by atoms with van der Waals surface area (Å²) >= 11 is 9.50. The van der Waals surface area contributed by atoms with E-state index in [1.807, 2.05) is 18.2 Å². The Morgan fingerprint density at radius 1 is 1.22 bits per heavy atom. The maximum Gasteiger partial charge on any atom is 0.123 e. The van der Waals surface area contributed by atoms with Crippen LogP contribution in [0.5, 0.6) is 5.75 Å². The summed E-state index contributed by atoms with van der Waals surface area (Å²) in [5, 5.41) is 1.54. The summed E-state index contributed by atoms with van der Waals surface area (Å²) in [6.07, 6.45) is 4.00. The Labute approximate surface area is 123 Å². The number of halogens is 2. The molecule has 3 heteroatoms. The van der Waals surface area contributed by atoms with E-state index in [0.717, 1.165) is 46.3 Å². The van der Waals surface area contributed by atoms with Gasteiger partial charge in [0.05, 0.1) is 6.10 Å². The van der Waals surface area contributed by atoms with E-state index in [1.54, 1.807) is 0 Å². The Balaban J connectivity index is 2.08. The summed E-state index contributed by atoms with van der Waals surface area (Å²) in [7, 11) is 0. The molecule has 0 aromatic heterocycles. The molecule has 0 bridgehead atoms. The number of hydrogen-bond donors (Lipinski definition) is 0. The molecule has 1 aromatic carbocycles. The predicted octanol–water partition coefficient (Wildman–Crippen LogP) is 5.44. The molecular weight excluding hydrogens is 312 g/mol. The lowest BCUT2D eigenvalue weighted by Crippen LogP contribution is -2.28. The van der Waals surface area contributed by atoms with E-state index in [1.165, 1.54) is 6.42 Å². The van der Waals surface area contributed by atoms with Crippen LogP contribution in [0.15, 0.2) is 18.2 Å². The molecule has 0 heterocycles. The number of ether oxygens (including phenoxy) is 1. The smallest absolute Gasteiger partial charge is 0.123 e. The molecule has 1 aromatic rings. The van der Waals surface area contributed by atoms with Gasteiger partial charge in [0, 0.05) is 15.9 Å². The second-order valence-corrected chi connectivity index (χ2v) is 6.54. The second kappa shape index (κ2) is 6.29. The molecule has 0 radical (unpaired) electrons. The van der Waals surface area contributed by atoms with E-state index in [2.05, 4.69) is 29.8 Å². The molecule has 1 aliphatic rings. The predicted molar refractivity (Wildman–Crippen MR) is 80.7 cm³/mol. The molecule has 0 N–H and O–H groups in total. The second-order valence-electron chi connectivity index (χ2n) is 5.54. The Morgan fingerprint density at radius 2 is 1.89 bits per heavy atom. The van der Waals surface area contributed by atoms with Gasteiger partial charge in [0.25, 0.3) is 0 Å². The summed E-state index contributed by atoms with van der Waals surface area (Å²) in [5.41, 5.74) is 1.13. The Kier molecular flexibility index (Phi) is 4.97. The maximum absolute atomic E-state index is 6.18. The number of hydrogen-bond acceptors (Lipinski definition) is 1. The largest absolute Gasteiger partial charge is 0.490 e. The molecule has 1 saturated carbocycles. The van der Waals surface area contributed by atoms with Crippen LogP contribution in [0.1, 0.15) is 38.7 Å². The van der Waals surface area contributed by atoms with Gasteiger partial charge in [-0.15, -0.1) is 0 Å². The van der Waals surface area contributed by atoms with Crippen molar-refractivity contribution in [2.45, 2.75) is 44.5 Å². The topological polar surface area (TPSA) is 9.23 Å². The highest BCUT2D eigenvalue weighted by atomic mass is 79.9. The first kappa shape index (κ1) is 14.2.